The van der Waals surface area contributed by atoms with Crippen LogP contribution in [-0.4, -0.2) is 36.4 Å². The van der Waals surface area contributed by atoms with Crippen molar-refractivity contribution in [3.05, 3.63) is 11.7 Å². The molecule has 0 spiro atoms. The van der Waals surface area contributed by atoms with Crippen molar-refractivity contribution in [1.29, 1.82) is 0 Å². The standard InChI is InChI=1S/C14H25N3O2/c1-4-15-12(9-18-3)8-13-16-14(17-19-13)11-6-5-10(2)7-11/h10-12,15H,4-9H2,1-3H3. The number of nitrogens with zero attached hydrogens (tertiary/aromatic N) is 2. The van der Waals surface area contributed by atoms with Crippen LogP contribution in [0.25, 0.3) is 0 Å². The van der Waals surface area contributed by atoms with Crippen molar-refractivity contribution in [1.82, 2.24) is 15.5 Å². The van der Waals surface area contributed by atoms with Gasteiger partial charge in [-0.15, -0.1) is 0 Å². The van der Waals surface area contributed by atoms with Gasteiger partial charge in [0.2, 0.25) is 5.89 Å². The number of hydrogen-bond acceptors (Lipinski definition) is 5. The normalized spacial score (nSPS) is 24.8. The number of likely N-dealkylation sites (N-methyl/N-ethyl adjacent to an activating group) is 1. The number of hydrogen-bond donors (Lipinski definition) is 1. The molecule has 0 saturated heterocycles. The summed E-state index contributed by atoms with van der Waals surface area (Å²) in [6.45, 7) is 5.95. The number of methoxy groups -OCH3 is 1. The quantitative estimate of drug-likeness (QED) is 0.820. The minimum atomic E-state index is 0.241. The van der Waals surface area contributed by atoms with Gasteiger partial charge in [0.05, 0.1) is 6.61 Å². The van der Waals surface area contributed by atoms with Gasteiger partial charge in [-0.3, -0.25) is 0 Å². The summed E-state index contributed by atoms with van der Waals surface area (Å²) >= 11 is 0. The molecular formula is C14H25N3O2. The largest absolute Gasteiger partial charge is 0.383 e. The molecule has 108 valence electrons. The molecule has 1 aliphatic carbocycles. The zero-order valence-electron chi connectivity index (χ0n) is 12.2. The van der Waals surface area contributed by atoms with Crippen LogP contribution < -0.4 is 5.32 Å². The zero-order valence-corrected chi connectivity index (χ0v) is 12.2. The highest BCUT2D eigenvalue weighted by Crippen LogP contribution is 2.36. The van der Waals surface area contributed by atoms with Gasteiger partial charge in [-0.25, -0.2) is 0 Å². The molecule has 1 heterocycles. The minimum absolute atomic E-state index is 0.241. The van der Waals surface area contributed by atoms with Crippen LogP contribution in [-0.2, 0) is 11.2 Å². The van der Waals surface area contributed by atoms with Gasteiger partial charge < -0.3 is 14.6 Å². The molecule has 3 unspecified atom stereocenters. The Balaban J connectivity index is 1.92. The van der Waals surface area contributed by atoms with E-state index >= 15 is 0 Å². The maximum Gasteiger partial charge on any atom is 0.228 e. The molecule has 0 bridgehead atoms. The molecule has 0 aliphatic heterocycles. The van der Waals surface area contributed by atoms with Crippen LogP contribution >= 0.6 is 0 Å². The molecule has 19 heavy (non-hydrogen) atoms. The molecule has 0 amide bonds. The Hall–Kier alpha value is -0.940. The first-order chi connectivity index (χ1) is 9.22. The maximum absolute atomic E-state index is 5.38. The van der Waals surface area contributed by atoms with Gasteiger partial charge in [-0.05, 0) is 31.7 Å². The second-order valence-electron chi connectivity index (χ2n) is 5.58. The highest BCUT2D eigenvalue weighted by atomic mass is 16.5. The first-order valence-electron chi connectivity index (χ1n) is 7.27. The summed E-state index contributed by atoms with van der Waals surface area (Å²) in [4.78, 5) is 4.56. The fraction of sp³-hybridized carbons (Fsp3) is 0.857. The van der Waals surface area contributed by atoms with Crippen LogP contribution in [0.15, 0.2) is 4.52 Å². The first kappa shape index (κ1) is 14.5. The van der Waals surface area contributed by atoms with Crippen molar-refractivity contribution in [2.45, 2.75) is 51.5 Å². The molecule has 1 N–H and O–H groups in total. The maximum atomic E-state index is 5.38. The predicted octanol–water partition coefficient (Wildman–Crippen LogP) is 2.14. The number of rotatable bonds is 7. The molecular weight excluding hydrogens is 242 g/mol. The Morgan fingerprint density at radius 1 is 1.47 bits per heavy atom. The van der Waals surface area contributed by atoms with E-state index in [9.17, 15) is 0 Å². The minimum Gasteiger partial charge on any atom is -0.383 e. The van der Waals surface area contributed by atoms with E-state index in [1.807, 2.05) is 0 Å². The lowest BCUT2D eigenvalue weighted by atomic mass is 10.1. The monoisotopic (exact) mass is 267 g/mol. The second kappa shape index (κ2) is 7.01. The fourth-order valence-corrected chi connectivity index (χ4v) is 2.85. The lowest BCUT2D eigenvalue weighted by Crippen LogP contribution is -2.35. The topological polar surface area (TPSA) is 60.2 Å². The van der Waals surface area contributed by atoms with Crippen LogP contribution in [0.5, 0.6) is 0 Å². The van der Waals surface area contributed by atoms with E-state index in [1.54, 1.807) is 7.11 Å². The molecule has 3 atom stereocenters. The number of aromatic nitrogens is 2. The summed E-state index contributed by atoms with van der Waals surface area (Å²) in [7, 11) is 1.71. The van der Waals surface area contributed by atoms with E-state index < -0.39 is 0 Å². The summed E-state index contributed by atoms with van der Waals surface area (Å²) in [6, 6.07) is 0.241. The zero-order chi connectivity index (χ0) is 13.7. The molecule has 1 aromatic heterocycles. The van der Waals surface area contributed by atoms with Gasteiger partial charge in [-0.1, -0.05) is 19.0 Å². The lowest BCUT2D eigenvalue weighted by Gasteiger charge is -2.14. The summed E-state index contributed by atoms with van der Waals surface area (Å²) in [5, 5.41) is 7.52. The SMILES string of the molecule is CCNC(COC)Cc1nc(C2CCC(C)C2)no1. The third kappa shape index (κ3) is 4.01. The average molecular weight is 267 g/mol. The van der Waals surface area contributed by atoms with Crippen LogP contribution in [0.4, 0.5) is 0 Å². The number of nitrogens with one attached hydrogen (secondary N) is 1. The van der Waals surface area contributed by atoms with Crippen LogP contribution in [0.2, 0.25) is 0 Å². The van der Waals surface area contributed by atoms with Gasteiger partial charge >= 0.3 is 0 Å². The predicted molar refractivity (Wildman–Crippen MR) is 73.1 cm³/mol. The molecule has 1 aromatic rings. The van der Waals surface area contributed by atoms with Crippen molar-refractivity contribution in [2.75, 3.05) is 20.3 Å². The second-order valence-corrected chi connectivity index (χ2v) is 5.58. The Kier molecular flexibility index (Phi) is 5.34. The Bertz CT molecular complexity index is 375. The van der Waals surface area contributed by atoms with Gasteiger partial charge in [0.1, 0.15) is 0 Å². The van der Waals surface area contributed by atoms with Crippen molar-refractivity contribution in [3.8, 4) is 0 Å². The van der Waals surface area contributed by atoms with E-state index in [0.717, 1.165) is 30.6 Å². The Labute approximate surface area is 115 Å². The Morgan fingerprint density at radius 2 is 2.32 bits per heavy atom. The third-order valence-corrected chi connectivity index (χ3v) is 3.83. The first-order valence-corrected chi connectivity index (χ1v) is 7.27. The van der Waals surface area contributed by atoms with Gasteiger partial charge in [-0.2, -0.15) is 4.98 Å². The van der Waals surface area contributed by atoms with E-state index in [0.29, 0.717) is 12.5 Å². The fourth-order valence-electron chi connectivity index (χ4n) is 2.85. The molecule has 2 rings (SSSR count). The molecule has 5 heteroatoms. The molecule has 1 aliphatic rings. The van der Waals surface area contributed by atoms with Crippen LogP contribution in [0.3, 0.4) is 0 Å². The molecule has 0 aromatic carbocycles. The summed E-state index contributed by atoms with van der Waals surface area (Å²) in [5.41, 5.74) is 0. The van der Waals surface area contributed by atoms with Crippen LogP contribution in [0.1, 0.15) is 50.7 Å². The highest BCUT2D eigenvalue weighted by molar-refractivity contribution is 5.00. The number of ether oxygens (including phenoxy) is 1. The lowest BCUT2D eigenvalue weighted by molar-refractivity contribution is 0.162. The van der Waals surface area contributed by atoms with Gasteiger partial charge in [0.15, 0.2) is 5.82 Å². The van der Waals surface area contributed by atoms with Crippen molar-refractivity contribution in [2.24, 2.45) is 5.92 Å². The van der Waals surface area contributed by atoms with E-state index in [2.05, 4.69) is 29.3 Å². The molecule has 1 saturated carbocycles. The summed E-state index contributed by atoms with van der Waals surface area (Å²) in [6.07, 6.45) is 4.39. The molecule has 0 radical (unpaired) electrons. The van der Waals surface area contributed by atoms with Crippen molar-refractivity contribution in [3.63, 3.8) is 0 Å². The Morgan fingerprint density at radius 3 is 2.95 bits per heavy atom. The van der Waals surface area contributed by atoms with E-state index in [1.165, 1.54) is 19.3 Å². The summed E-state index contributed by atoms with van der Waals surface area (Å²) in [5.74, 6) is 2.90. The molecule has 5 nitrogen and oxygen atoms in total. The van der Waals surface area contributed by atoms with Crippen molar-refractivity contribution < 1.29 is 9.26 Å². The van der Waals surface area contributed by atoms with E-state index in [4.69, 9.17) is 9.26 Å². The van der Waals surface area contributed by atoms with Gasteiger partial charge in [0.25, 0.3) is 0 Å². The van der Waals surface area contributed by atoms with Gasteiger partial charge in [0, 0.05) is 25.5 Å². The molecule has 1 fully saturated rings. The highest BCUT2D eigenvalue weighted by Gasteiger charge is 2.27. The average Bonchev–Trinajstić information content (AvgIpc) is 2.99. The van der Waals surface area contributed by atoms with Crippen molar-refractivity contribution >= 4 is 0 Å². The summed E-state index contributed by atoms with van der Waals surface area (Å²) < 4.78 is 10.6. The van der Waals surface area contributed by atoms with Crippen LogP contribution in [0, 0.1) is 5.92 Å². The third-order valence-electron chi connectivity index (χ3n) is 3.83. The van der Waals surface area contributed by atoms with E-state index in [-0.39, 0.29) is 6.04 Å². The smallest absolute Gasteiger partial charge is 0.228 e.